The molecule has 9 heteroatoms. The zero-order chi connectivity index (χ0) is 15.6. The fourth-order valence-corrected chi connectivity index (χ4v) is 2.65. The number of hydrazine groups is 1. The van der Waals surface area contributed by atoms with E-state index in [1.54, 1.807) is 6.20 Å². The first-order valence-corrected chi connectivity index (χ1v) is 7.46. The number of ether oxygens (including phenoxy) is 1. The second kappa shape index (κ2) is 6.79. The van der Waals surface area contributed by atoms with Crippen LogP contribution in [0.4, 0.5) is 23.1 Å². The smallest absolute Gasteiger partial charge is 0.227 e. The molecule has 2 aromatic rings. The van der Waals surface area contributed by atoms with E-state index in [-0.39, 0.29) is 7.58 Å². The molecule has 3 heterocycles. The van der Waals surface area contributed by atoms with E-state index in [2.05, 4.69) is 30.6 Å². The van der Waals surface area contributed by atoms with Crippen molar-refractivity contribution in [2.45, 2.75) is 0 Å². The Bertz CT molecular complexity index is 763. The first-order chi connectivity index (χ1) is 11.3. The maximum atomic E-state index is 5.63. The number of para-hydroxylation sites is 2. The van der Waals surface area contributed by atoms with E-state index in [0.717, 1.165) is 30.0 Å². The lowest BCUT2D eigenvalue weighted by atomic mass is 10.2. The van der Waals surface area contributed by atoms with Crippen LogP contribution in [0.25, 0.3) is 0 Å². The van der Waals surface area contributed by atoms with Gasteiger partial charge in [0.1, 0.15) is 5.82 Å². The maximum absolute atomic E-state index is 5.63. The number of aliphatic imine (C=N–C) groups is 1. The lowest BCUT2D eigenvalue weighted by Gasteiger charge is -2.27. The van der Waals surface area contributed by atoms with Crippen molar-refractivity contribution in [2.24, 2.45) is 10.8 Å². The molecule has 24 heavy (non-hydrogen) atoms. The van der Waals surface area contributed by atoms with Gasteiger partial charge in [0.05, 0.1) is 30.2 Å². The summed E-state index contributed by atoms with van der Waals surface area (Å²) in [6, 6.07) is 7.76. The molecule has 2 aliphatic heterocycles. The molecule has 0 saturated carbocycles. The van der Waals surface area contributed by atoms with Crippen molar-refractivity contribution in [3.8, 4) is 0 Å². The predicted molar refractivity (Wildman–Crippen MR) is 95.4 cm³/mol. The molecule has 9 nitrogen and oxygen atoms in total. The van der Waals surface area contributed by atoms with E-state index >= 15 is 0 Å². The van der Waals surface area contributed by atoms with Crippen molar-refractivity contribution < 1.29 is 6.16 Å². The van der Waals surface area contributed by atoms with Crippen LogP contribution in [0.5, 0.6) is 0 Å². The highest BCUT2D eigenvalue weighted by molar-refractivity contribution is 6.06. The van der Waals surface area contributed by atoms with E-state index in [1.807, 2.05) is 24.3 Å². The number of nitrogens with one attached hydrogen (secondary N) is 2. The molecule has 0 atom stereocenters. The van der Waals surface area contributed by atoms with Crippen LogP contribution in [0.2, 0.25) is 0 Å². The zero-order valence-electron chi connectivity index (χ0n) is 13.2. The van der Waals surface area contributed by atoms with Gasteiger partial charge in [-0.15, -0.1) is 0 Å². The van der Waals surface area contributed by atoms with Crippen LogP contribution in [0.1, 0.15) is 6.99 Å². The highest BCUT2D eigenvalue weighted by Gasteiger charge is 2.21. The minimum atomic E-state index is 0. The largest absolute Gasteiger partial charge is 0.378 e. The average Bonchev–Trinajstić information content (AvgIpc) is 2.78. The van der Waals surface area contributed by atoms with E-state index in [4.69, 9.17) is 10.6 Å². The summed E-state index contributed by atoms with van der Waals surface area (Å²) < 4.78 is 5.38. The Morgan fingerprint density at radius 3 is 2.83 bits per heavy atom. The monoisotopic (exact) mass is 330 g/mol. The average molecular weight is 330 g/mol. The van der Waals surface area contributed by atoms with Crippen LogP contribution in [0.15, 0.2) is 35.5 Å². The third kappa shape index (κ3) is 2.87. The Morgan fingerprint density at radius 2 is 2.04 bits per heavy atom. The van der Waals surface area contributed by atoms with Crippen molar-refractivity contribution in [3.63, 3.8) is 0 Å². The van der Waals surface area contributed by atoms with Gasteiger partial charge in [-0.25, -0.2) is 15.8 Å². The third-order valence-electron chi connectivity index (χ3n) is 3.85. The Hall–Kier alpha value is -2.75. The quantitative estimate of drug-likeness (QED) is 0.454. The van der Waals surface area contributed by atoms with Crippen LogP contribution < -0.4 is 27.6 Å². The van der Waals surface area contributed by atoms with Crippen molar-refractivity contribution in [1.82, 2.24) is 21.5 Å². The van der Waals surface area contributed by atoms with Gasteiger partial charge < -0.3 is 26.5 Å². The molecule has 1 aromatic carbocycles. The van der Waals surface area contributed by atoms with Crippen LogP contribution in [0, 0.1) is 0 Å². The molecule has 0 bridgehead atoms. The lowest BCUT2D eigenvalue weighted by molar-refractivity contribution is 0.122. The highest BCUT2D eigenvalue weighted by atomic mass is 16.5. The van der Waals surface area contributed by atoms with Gasteiger partial charge in [0, 0.05) is 20.7 Å². The number of nitrogens with zero attached hydrogens (tertiary/aromatic N) is 4. The minimum Gasteiger partial charge on any atom is -0.378 e. The molecule has 0 unspecified atom stereocenters. The number of fused-ring (bicyclic) bond motifs is 2. The van der Waals surface area contributed by atoms with Crippen LogP contribution in [-0.4, -0.2) is 42.1 Å². The summed E-state index contributed by atoms with van der Waals surface area (Å²) in [7, 11) is 0. The first-order valence-electron chi connectivity index (χ1n) is 7.46. The molecular weight excluding hydrogens is 308 g/mol. The van der Waals surface area contributed by atoms with Crippen molar-refractivity contribution in [2.75, 3.05) is 36.5 Å². The van der Waals surface area contributed by atoms with Crippen LogP contribution in [-0.2, 0) is 4.74 Å². The van der Waals surface area contributed by atoms with Gasteiger partial charge in [-0.1, -0.05) is 12.1 Å². The van der Waals surface area contributed by atoms with Gasteiger partial charge in [0.25, 0.3) is 0 Å². The zero-order valence-corrected chi connectivity index (χ0v) is 13.2. The first kappa shape index (κ1) is 16.1. The standard InChI is InChI=1S/C15H17N7O.H3N.H2/c16-21-14-10-9-17-15(22-5-7-23-8-6-22)20-13(10)18-11-3-1-2-4-12(11)19-14;;/h1-4,9H,5-8,16H2,(H,19,21)(H,17,18,20);1H3;1H. The number of hydrogen-bond donors (Lipinski definition) is 4. The molecule has 2 aliphatic rings. The molecule has 0 aliphatic carbocycles. The number of hydrogen-bond acceptors (Lipinski definition) is 9. The number of benzene rings is 1. The molecule has 1 saturated heterocycles. The summed E-state index contributed by atoms with van der Waals surface area (Å²) in [6.07, 6.45) is 1.74. The Morgan fingerprint density at radius 1 is 1.25 bits per heavy atom. The Labute approximate surface area is 141 Å². The van der Waals surface area contributed by atoms with Gasteiger partial charge in [-0.3, -0.25) is 0 Å². The number of rotatable bonds is 1. The number of anilines is 3. The molecule has 1 fully saturated rings. The fourth-order valence-electron chi connectivity index (χ4n) is 2.65. The summed E-state index contributed by atoms with van der Waals surface area (Å²) in [4.78, 5) is 15.8. The van der Waals surface area contributed by atoms with Gasteiger partial charge >= 0.3 is 0 Å². The highest BCUT2D eigenvalue weighted by Crippen LogP contribution is 2.32. The van der Waals surface area contributed by atoms with E-state index < -0.39 is 0 Å². The van der Waals surface area contributed by atoms with Gasteiger partial charge in [-0.2, -0.15) is 4.98 Å². The Kier molecular flexibility index (Phi) is 4.56. The molecule has 128 valence electrons. The summed E-state index contributed by atoms with van der Waals surface area (Å²) in [5.74, 6) is 7.53. The molecular formula is C15H22N8O. The number of nitrogens with two attached hydrogens (primary N) is 1. The fraction of sp³-hybridized carbons (Fsp3) is 0.267. The third-order valence-corrected chi connectivity index (χ3v) is 3.85. The van der Waals surface area contributed by atoms with E-state index in [1.165, 1.54) is 0 Å². The molecule has 7 N–H and O–H groups in total. The summed E-state index contributed by atoms with van der Waals surface area (Å²) >= 11 is 0. The van der Waals surface area contributed by atoms with E-state index in [9.17, 15) is 0 Å². The second-order valence-electron chi connectivity index (χ2n) is 5.28. The minimum absolute atomic E-state index is 0. The molecule has 0 spiro atoms. The number of morpholine rings is 1. The van der Waals surface area contributed by atoms with E-state index in [0.29, 0.717) is 30.8 Å². The van der Waals surface area contributed by atoms with Crippen molar-refractivity contribution in [3.05, 3.63) is 36.0 Å². The summed E-state index contributed by atoms with van der Waals surface area (Å²) in [6.45, 7) is 2.94. The number of aromatic nitrogens is 2. The number of amidine groups is 1. The molecule has 0 radical (unpaired) electrons. The van der Waals surface area contributed by atoms with Gasteiger partial charge in [0.2, 0.25) is 5.95 Å². The summed E-state index contributed by atoms with van der Waals surface area (Å²) in [5.41, 5.74) is 5.05. The molecule has 1 aromatic heterocycles. The predicted octanol–water partition coefficient (Wildman–Crippen LogP) is 1.32. The lowest BCUT2D eigenvalue weighted by Crippen LogP contribution is -2.37. The van der Waals surface area contributed by atoms with Crippen LogP contribution >= 0.6 is 0 Å². The van der Waals surface area contributed by atoms with Crippen molar-refractivity contribution >= 4 is 29.0 Å². The van der Waals surface area contributed by atoms with Gasteiger partial charge in [-0.05, 0) is 12.1 Å². The SMILES string of the molecule is N.NNC1=Nc2ccccc2Nc2nc(N3CCOCC3)ncc21.[HH]. The topological polar surface area (TPSA) is 136 Å². The maximum Gasteiger partial charge on any atom is 0.227 e. The normalized spacial score (nSPS) is 15.9. The van der Waals surface area contributed by atoms with Crippen molar-refractivity contribution in [1.29, 1.82) is 0 Å². The second-order valence-corrected chi connectivity index (χ2v) is 5.28. The molecule has 4 rings (SSSR count). The Balaban J connectivity index is 0.00000113. The van der Waals surface area contributed by atoms with Gasteiger partial charge in [0.15, 0.2) is 5.84 Å². The van der Waals surface area contributed by atoms with Crippen LogP contribution in [0.3, 0.4) is 0 Å². The summed E-state index contributed by atoms with van der Waals surface area (Å²) in [5, 5.41) is 3.33. The molecule has 0 amide bonds.